The predicted molar refractivity (Wildman–Crippen MR) is 57.6 cm³/mol. The molecule has 2 N–H and O–H groups in total. The zero-order valence-electron chi connectivity index (χ0n) is 9.58. The van der Waals surface area contributed by atoms with Gasteiger partial charge in [0.25, 0.3) is 0 Å². The number of hydrogen-bond donors (Lipinski definition) is 2. The number of rotatable bonds is 3. The number of nitrogens with one attached hydrogen (secondary N) is 1. The van der Waals surface area contributed by atoms with Crippen LogP contribution in [-0.4, -0.2) is 30.0 Å². The first-order valence-corrected chi connectivity index (χ1v) is 5.69. The van der Waals surface area contributed by atoms with Gasteiger partial charge in [-0.3, -0.25) is 0 Å². The van der Waals surface area contributed by atoms with Gasteiger partial charge in [-0.2, -0.15) is 0 Å². The summed E-state index contributed by atoms with van der Waals surface area (Å²) in [4.78, 5) is 11.1. The number of carbonyl (C=O) groups excluding carboxylic acids is 1. The molecule has 0 spiro atoms. The molecule has 1 rings (SSSR count). The van der Waals surface area contributed by atoms with Gasteiger partial charge in [0.05, 0.1) is 12.2 Å². The highest BCUT2D eigenvalue weighted by molar-refractivity contribution is 5.67. The van der Waals surface area contributed by atoms with Crippen molar-refractivity contribution in [3.63, 3.8) is 0 Å². The van der Waals surface area contributed by atoms with E-state index in [-0.39, 0.29) is 0 Å². The fourth-order valence-corrected chi connectivity index (χ4v) is 2.21. The van der Waals surface area contributed by atoms with Crippen LogP contribution in [0.4, 0.5) is 4.79 Å². The van der Waals surface area contributed by atoms with E-state index in [0.717, 1.165) is 19.3 Å². The molecule has 0 radical (unpaired) electrons. The second-order valence-corrected chi connectivity index (χ2v) is 4.50. The van der Waals surface area contributed by atoms with E-state index in [9.17, 15) is 9.90 Å². The van der Waals surface area contributed by atoms with Gasteiger partial charge in [-0.1, -0.05) is 19.8 Å². The summed E-state index contributed by atoms with van der Waals surface area (Å²) in [7, 11) is 0. The van der Waals surface area contributed by atoms with Crippen LogP contribution in [0.2, 0.25) is 0 Å². The van der Waals surface area contributed by atoms with Gasteiger partial charge in [-0.25, -0.2) is 4.79 Å². The number of alkyl carbamates (subject to hydrolysis) is 1. The fourth-order valence-electron chi connectivity index (χ4n) is 2.21. The van der Waals surface area contributed by atoms with Crippen molar-refractivity contribution in [3.8, 4) is 0 Å². The Labute approximate surface area is 91.0 Å². The molecule has 1 amide bonds. The van der Waals surface area contributed by atoms with Crippen molar-refractivity contribution in [2.75, 3.05) is 13.2 Å². The third kappa shape index (κ3) is 4.08. The molecule has 1 aliphatic rings. The normalized spacial score (nSPS) is 31.0. The highest BCUT2D eigenvalue weighted by Gasteiger charge is 2.32. The van der Waals surface area contributed by atoms with Crippen LogP contribution in [0.15, 0.2) is 0 Å². The van der Waals surface area contributed by atoms with Gasteiger partial charge in [0.2, 0.25) is 0 Å². The van der Waals surface area contributed by atoms with Crippen molar-refractivity contribution in [2.45, 2.75) is 45.1 Å². The first-order chi connectivity index (χ1) is 7.06. The van der Waals surface area contributed by atoms with Crippen LogP contribution in [-0.2, 0) is 4.74 Å². The second-order valence-electron chi connectivity index (χ2n) is 4.50. The Morgan fingerprint density at radius 1 is 1.67 bits per heavy atom. The summed E-state index contributed by atoms with van der Waals surface area (Å²) in [5.41, 5.74) is -0.732. The van der Waals surface area contributed by atoms with Gasteiger partial charge >= 0.3 is 6.09 Å². The Bertz CT molecular complexity index is 220. The van der Waals surface area contributed by atoms with Crippen LogP contribution in [0.5, 0.6) is 0 Å². The third-order valence-electron chi connectivity index (χ3n) is 2.90. The lowest BCUT2D eigenvalue weighted by molar-refractivity contribution is -0.0117. The molecule has 0 aromatic carbocycles. The predicted octanol–water partition coefficient (Wildman–Crippen LogP) is 1.67. The molecule has 0 heterocycles. The molecule has 0 aromatic rings. The van der Waals surface area contributed by atoms with E-state index in [4.69, 9.17) is 4.74 Å². The van der Waals surface area contributed by atoms with E-state index < -0.39 is 11.7 Å². The molecule has 1 fully saturated rings. The molecule has 4 nitrogen and oxygen atoms in total. The average molecular weight is 215 g/mol. The molecule has 2 unspecified atom stereocenters. The largest absolute Gasteiger partial charge is 0.450 e. The summed E-state index contributed by atoms with van der Waals surface area (Å²) in [6.07, 6.45) is 3.29. The van der Waals surface area contributed by atoms with E-state index >= 15 is 0 Å². The van der Waals surface area contributed by atoms with Gasteiger partial charge < -0.3 is 15.2 Å². The minimum atomic E-state index is -0.732. The van der Waals surface area contributed by atoms with Crippen molar-refractivity contribution >= 4 is 6.09 Å². The molecule has 0 bridgehead atoms. The molecule has 2 atom stereocenters. The monoisotopic (exact) mass is 215 g/mol. The minimum absolute atomic E-state index is 0.302. The van der Waals surface area contributed by atoms with Crippen molar-refractivity contribution in [1.82, 2.24) is 5.32 Å². The van der Waals surface area contributed by atoms with Crippen molar-refractivity contribution in [2.24, 2.45) is 5.92 Å². The summed E-state index contributed by atoms with van der Waals surface area (Å²) in [6.45, 7) is 4.56. The van der Waals surface area contributed by atoms with Crippen molar-refractivity contribution in [1.29, 1.82) is 0 Å². The summed E-state index contributed by atoms with van der Waals surface area (Å²) < 4.78 is 4.74. The molecule has 15 heavy (non-hydrogen) atoms. The lowest BCUT2D eigenvalue weighted by Gasteiger charge is -2.35. The fraction of sp³-hybridized carbons (Fsp3) is 0.909. The molecule has 1 saturated carbocycles. The Kier molecular flexibility index (Phi) is 4.39. The minimum Gasteiger partial charge on any atom is -0.450 e. The Morgan fingerprint density at radius 3 is 3.00 bits per heavy atom. The maximum atomic E-state index is 11.1. The Morgan fingerprint density at radius 2 is 2.40 bits per heavy atom. The SMILES string of the molecule is CCOC(=O)NCC1(O)CCCC(C)C1. The standard InChI is InChI=1S/C11H21NO3/c1-3-15-10(13)12-8-11(14)6-4-5-9(2)7-11/h9,14H,3-8H2,1-2H3,(H,12,13). The topological polar surface area (TPSA) is 58.6 Å². The Balaban J connectivity index is 2.32. The van der Waals surface area contributed by atoms with E-state index in [1.807, 2.05) is 0 Å². The van der Waals surface area contributed by atoms with Gasteiger partial charge in [-0.05, 0) is 25.7 Å². The lowest BCUT2D eigenvalue weighted by Crippen LogP contribution is -2.45. The van der Waals surface area contributed by atoms with Crippen LogP contribution in [0, 0.1) is 5.92 Å². The lowest BCUT2D eigenvalue weighted by atomic mass is 9.79. The summed E-state index contributed by atoms with van der Waals surface area (Å²) in [5.74, 6) is 0.535. The maximum absolute atomic E-state index is 11.1. The molecule has 0 aliphatic heterocycles. The first-order valence-electron chi connectivity index (χ1n) is 5.69. The highest BCUT2D eigenvalue weighted by atomic mass is 16.5. The van der Waals surface area contributed by atoms with E-state index in [1.165, 1.54) is 6.42 Å². The summed E-state index contributed by atoms with van der Waals surface area (Å²) in [6, 6.07) is 0. The number of ether oxygens (including phenoxy) is 1. The van der Waals surface area contributed by atoms with Crippen LogP contribution in [0.1, 0.15) is 39.5 Å². The second kappa shape index (κ2) is 5.35. The van der Waals surface area contributed by atoms with Gasteiger partial charge in [0, 0.05) is 6.54 Å². The number of hydrogen-bond acceptors (Lipinski definition) is 3. The first kappa shape index (κ1) is 12.3. The van der Waals surface area contributed by atoms with E-state index in [1.54, 1.807) is 6.92 Å². The summed E-state index contributed by atoms with van der Waals surface area (Å²) >= 11 is 0. The molecule has 0 saturated heterocycles. The van der Waals surface area contributed by atoms with Crippen LogP contribution in [0.25, 0.3) is 0 Å². The Hall–Kier alpha value is -0.770. The van der Waals surface area contributed by atoms with E-state index in [2.05, 4.69) is 12.2 Å². The summed E-state index contributed by atoms with van der Waals surface area (Å²) in [5, 5.41) is 12.8. The molecular weight excluding hydrogens is 194 g/mol. The van der Waals surface area contributed by atoms with Crippen molar-refractivity contribution < 1.29 is 14.6 Å². The van der Waals surface area contributed by atoms with Crippen molar-refractivity contribution in [3.05, 3.63) is 0 Å². The highest BCUT2D eigenvalue weighted by Crippen LogP contribution is 2.31. The van der Waals surface area contributed by atoms with Crippen LogP contribution >= 0.6 is 0 Å². The smallest absolute Gasteiger partial charge is 0.407 e. The van der Waals surface area contributed by atoms with E-state index in [0.29, 0.717) is 19.1 Å². The molecule has 1 aliphatic carbocycles. The zero-order valence-corrected chi connectivity index (χ0v) is 9.58. The zero-order chi connectivity index (χ0) is 11.3. The van der Waals surface area contributed by atoms with Gasteiger partial charge in [0.1, 0.15) is 0 Å². The third-order valence-corrected chi connectivity index (χ3v) is 2.90. The number of carbonyl (C=O) groups is 1. The number of aliphatic hydroxyl groups is 1. The van der Waals surface area contributed by atoms with Crippen LogP contribution < -0.4 is 5.32 Å². The molecule has 88 valence electrons. The average Bonchev–Trinajstić information content (AvgIpc) is 2.15. The molecule has 0 aromatic heterocycles. The van der Waals surface area contributed by atoms with Gasteiger partial charge in [-0.15, -0.1) is 0 Å². The molecular formula is C11H21NO3. The van der Waals surface area contributed by atoms with Crippen LogP contribution in [0.3, 0.4) is 0 Å². The molecule has 4 heteroatoms. The number of amides is 1. The van der Waals surface area contributed by atoms with Gasteiger partial charge in [0.15, 0.2) is 0 Å². The maximum Gasteiger partial charge on any atom is 0.407 e. The quantitative estimate of drug-likeness (QED) is 0.753.